The minimum Gasteiger partial charge on any atom is -0.493 e. The number of nitrogens with zero attached hydrogens (tertiary/aromatic N) is 2. The first-order valence-corrected chi connectivity index (χ1v) is 6.70. The van der Waals surface area contributed by atoms with Crippen LogP contribution in [0, 0.1) is 0 Å². The van der Waals surface area contributed by atoms with Crippen molar-refractivity contribution in [1.29, 1.82) is 0 Å². The van der Waals surface area contributed by atoms with Crippen LogP contribution in [0.4, 0.5) is 5.82 Å². The Labute approximate surface area is 123 Å². The standard InChI is InChI=1S/C15H19N3O3/c1-4-11-14(16-2)17-9-18-15(11)21-12-6-5-10(8-19)7-13(12)20-3/h5-7,9,19H,4,8H2,1-3H3,(H,16,17,18). The van der Waals surface area contributed by atoms with E-state index in [0.29, 0.717) is 17.4 Å². The second-order valence-electron chi connectivity index (χ2n) is 4.35. The molecule has 0 aliphatic rings. The van der Waals surface area contributed by atoms with Crippen molar-refractivity contribution in [3.8, 4) is 17.4 Å². The van der Waals surface area contributed by atoms with Crippen molar-refractivity contribution in [2.45, 2.75) is 20.0 Å². The van der Waals surface area contributed by atoms with Crippen LogP contribution >= 0.6 is 0 Å². The molecule has 1 aromatic heterocycles. The predicted octanol–water partition coefficient (Wildman–Crippen LogP) is 2.37. The van der Waals surface area contributed by atoms with Crippen molar-refractivity contribution in [1.82, 2.24) is 9.97 Å². The summed E-state index contributed by atoms with van der Waals surface area (Å²) in [7, 11) is 3.37. The number of aromatic nitrogens is 2. The van der Waals surface area contributed by atoms with Crippen LogP contribution < -0.4 is 14.8 Å². The van der Waals surface area contributed by atoms with Gasteiger partial charge in [-0.25, -0.2) is 9.97 Å². The molecule has 6 heteroatoms. The number of hydrogen-bond acceptors (Lipinski definition) is 6. The fourth-order valence-corrected chi connectivity index (χ4v) is 2.02. The van der Waals surface area contributed by atoms with Crippen LogP contribution in [0.3, 0.4) is 0 Å². The summed E-state index contributed by atoms with van der Waals surface area (Å²) in [6.45, 7) is 1.97. The third-order valence-electron chi connectivity index (χ3n) is 3.11. The van der Waals surface area contributed by atoms with E-state index in [2.05, 4.69) is 15.3 Å². The van der Waals surface area contributed by atoms with E-state index in [1.165, 1.54) is 6.33 Å². The lowest BCUT2D eigenvalue weighted by Gasteiger charge is -2.14. The summed E-state index contributed by atoms with van der Waals surface area (Å²) in [4.78, 5) is 8.37. The Morgan fingerprint density at radius 1 is 1.24 bits per heavy atom. The highest BCUT2D eigenvalue weighted by molar-refractivity contribution is 5.51. The summed E-state index contributed by atoms with van der Waals surface area (Å²) < 4.78 is 11.2. The summed E-state index contributed by atoms with van der Waals surface area (Å²) in [6.07, 6.45) is 2.19. The normalized spacial score (nSPS) is 10.3. The maximum Gasteiger partial charge on any atom is 0.227 e. The lowest BCUT2D eigenvalue weighted by Crippen LogP contribution is -2.03. The third kappa shape index (κ3) is 3.22. The predicted molar refractivity (Wildman–Crippen MR) is 79.9 cm³/mol. The quantitative estimate of drug-likeness (QED) is 0.850. The van der Waals surface area contributed by atoms with Crippen molar-refractivity contribution < 1.29 is 14.6 Å². The Morgan fingerprint density at radius 2 is 2.05 bits per heavy atom. The van der Waals surface area contributed by atoms with Crippen LogP contribution in [0.5, 0.6) is 17.4 Å². The Bertz CT molecular complexity index is 617. The Morgan fingerprint density at radius 3 is 2.67 bits per heavy atom. The number of methoxy groups -OCH3 is 1. The fraction of sp³-hybridized carbons (Fsp3) is 0.333. The molecule has 21 heavy (non-hydrogen) atoms. The zero-order valence-electron chi connectivity index (χ0n) is 12.4. The molecule has 2 rings (SSSR count). The lowest BCUT2D eigenvalue weighted by molar-refractivity contribution is 0.280. The summed E-state index contributed by atoms with van der Waals surface area (Å²) >= 11 is 0. The van der Waals surface area contributed by atoms with Crippen LogP contribution in [0.2, 0.25) is 0 Å². The van der Waals surface area contributed by atoms with Gasteiger partial charge in [-0.2, -0.15) is 0 Å². The molecule has 6 nitrogen and oxygen atoms in total. The highest BCUT2D eigenvalue weighted by Crippen LogP contribution is 2.34. The summed E-state index contributed by atoms with van der Waals surface area (Å²) in [5, 5.41) is 12.2. The Hall–Kier alpha value is -2.34. The van der Waals surface area contributed by atoms with Gasteiger partial charge in [0.05, 0.1) is 19.3 Å². The van der Waals surface area contributed by atoms with E-state index in [4.69, 9.17) is 14.6 Å². The number of ether oxygens (including phenoxy) is 2. The van der Waals surface area contributed by atoms with E-state index < -0.39 is 0 Å². The van der Waals surface area contributed by atoms with Gasteiger partial charge in [0.1, 0.15) is 12.1 Å². The molecular formula is C15H19N3O3. The maximum atomic E-state index is 9.16. The van der Waals surface area contributed by atoms with Crippen LogP contribution in [0.25, 0.3) is 0 Å². The highest BCUT2D eigenvalue weighted by atomic mass is 16.5. The number of aliphatic hydroxyl groups is 1. The Kier molecular flexibility index (Phi) is 4.94. The molecule has 2 aromatic rings. The molecule has 0 radical (unpaired) electrons. The molecule has 0 saturated carbocycles. The number of benzene rings is 1. The summed E-state index contributed by atoms with van der Waals surface area (Å²) in [6, 6.07) is 5.27. The average Bonchev–Trinajstić information content (AvgIpc) is 2.54. The lowest BCUT2D eigenvalue weighted by atomic mass is 10.2. The average molecular weight is 289 g/mol. The first-order chi connectivity index (χ1) is 10.2. The fourth-order valence-electron chi connectivity index (χ4n) is 2.02. The minimum atomic E-state index is -0.0474. The first kappa shape index (κ1) is 15.1. The topological polar surface area (TPSA) is 76.5 Å². The van der Waals surface area contributed by atoms with E-state index in [1.807, 2.05) is 14.0 Å². The monoisotopic (exact) mass is 289 g/mol. The largest absolute Gasteiger partial charge is 0.493 e. The van der Waals surface area contributed by atoms with Crippen LogP contribution in [0.1, 0.15) is 18.1 Å². The van der Waals surface area contributed by atoms with Gasteiger partial charge < -0.3 is 19.9 Å². The van der Waals surface area contributed by atoms with Crippen molar-refractivity contribution in [2.24, 2.45) is 0 Å². The minimum absolute atomic E-state index is 0.0474. The van der Waals surface area contributed by atoms with Crippen LogP contribution in [-0.4, -0.2) is 29.2 Å². The molecule has 0 saturated heterocycles. The van der Waals surface area contributed by atoms with Gasteiger partial charge in [-0.05, 0) is 24.1 Å². The number of hydrogen-bond donors (Lipinski definition) is 2. The number of nitrogens with one attached hydrogen (secondary N) is 1. The van der Waals surface area contributed by atoms with Crippen molar-refractivity contribution in [3.63, 3.8) is 0 Å². The van der Waals surface area contributed by atoms with E-state index in [1.54, 1.807) is 25.3 Å². The van der Waals surface area contributed by atoms with Crippen LogP contribution in [-0.2, 0) is 13.0 Å². The molecule has 0 aliphatic carbocycles. The zero-order chi connectivity index (χ0) is 15.2. The van der Waals surface area contributed by atoms with Gasteiger partial charge in [0.2, 0.25) is 5.88 Å². The van der Waals surface area contributed by atoms with Gasteiger partial charge in [-0.1, -0.05) is 13.0 Å². The van der Waals surface area contributed by atoms with E-state index >= 15 is 0 Å². The van der Waals surface area contributed by atoms with Gasteiger partial charge in [0.25, 0.3) is 0 Å². The molecule has 0 amide bonds. The molecule has 0 aliphatic heterocycles. The molecule has 0 bridgehead atoms. The third-order valence-corrected chi connectivity index (χ3v) is 3.11. The van der Waals surface area contributed by atoms with Crippen molar-refractivity contribution in [2.75, 3.05) is 19.5 Å². The SMILES string of the molecule is CCc1c(NC)ncnc1Oc1ccc(CO)cc1OC. The molecule has 1 aromatic carbocycles. The van der Waals surface area contributed by atoms with Crippen molar-refractivity contribution >= 4 is 5.82 Å². The second kappa shape index (κ2) is 6.90. The van der Waals surface area contributed by atoms with Crippen molar-refractivity contribution in [3.05, 3.63) is 35.7 Å². The molecule has 0 spiro atoms. The van der Waals surface area contributed by atoms with E-state index in [0.717, 1.165) is 23.4 Å². The van der Waals surface area contributed by atoms with Gasteiger partial charge in [0.15, 0.2) is 11.5 Å². The highest BCUT2D eigenvalue weighted by Gasteiger charge is 2.13. The van der Waals surface area contributed by atoms with E-state index in [-0.39, 0.29) is 6.61 Å². The molecule has 1 heterocycles. The number of rotatable bonds is 6. The molecular weight excluding hydrogens is 270 g/mol. The zero-order valence-corrected chi connectivity index (χ0v) is 12.4. The van der Waals surface area contributed by atoms with Gasteiger partial charge >= 0.3 is 0 Å². The van der Waals surface area contributed by atoms with E-state index in [9.17, 15) is 0 Å². The molecule has 2 N–H and O–H groups in total. The second-order valence-corrected chi connectivity index (χ2v) is 4.35. The summed E-state index contributed by atoms with van der Waals surface area (Å²) in [5.74, 6) is 2.33. The van der Waals surface area contributed by atoms with Gasteiger partial charge in [-0.3, -0.25) is 0 Å². The molecule has 0 atom stereocenters. The molecule has 0 fully saturated rings. The van der Waals surface area contributed by atoms with Gasteiger partial charge in [0, 0.05) is 7.05 Å². The first-order valence-electron chi connectivity index (χ1n) is 6.70. The number of anilines is 1. The molecule has 112 valence electrons. The summed E-state index contributed by atoms with van der Waals surface area (Å²) in [5.41, 5.74) is 1.65. The number of aliphatic hydroxyl groups excluding tert-OH is 1. The smallest absolute Gasteiger partial charge is 0.227 e. The van der Waals surface area contributed by atoms with Crippen LogP contribution in [0.15, 0.2) is 24.5 Å². The maximum absolute atomic E-state index is 9.16. The molecule has 0 unspecified atom stereocenters. The van der Waals surface area contributed by atoms with Gasteiger partial charge in [-0.15, -0.1) is 0 Å². The Balaban J connectivity index is 2.38.